The van der Waals surface area contributed by atoms with Crippen LogP contribution >= 0.6 is 22.0 Å². The summed E-state index contributed by atoms with van der Waals surface area (Å²) >= 11 is 0.932. The third-order valence-corrected chi connectivity index (χ3v) is 6.16. The van der Waals surface area contributed by atoms with Crippen LogP contribution in [0.1, 0.15) is 36.0 Å². The van der Waals surface area contributed by atoms with Crippen LogP contribution in [-0.4, -0.2) is 33.6 Å². The molecule has 1 aliphatic carbocycles. The Hall–Kier alpha value is -0.630. The molecule has 1 saturated carbocycles. The minimum atomic E-state index is -3.77. The summed E-state index contributed by atoms with van der Waals surface area (Å²) < 4.78 is 27.8. The lowest BCUT2D eigenvalue weighted by atomic mass is 10.3. The van der Waals surface area contributed by atoms with Crippen molar-refractivity contribution in [3.05, 3.63) is 17.0 Å². The maximum atomic E-state index is 11.8. The van der Waals surface area contributed by atoms with Crippen LogP contribution in [0.15, 0.2) is 15.7 Å². The number of rotatable bonds is 6. The Morgan fingerprint density at radius 1 is 1.45 bits per heavy atom. The number of carbonyl (C=O) groups excluding carboxylic acids is 1. The van der Waals surface area contributed by atoms with Gasteiger partial charge in [-0.3, -0.25) is 4.79 Å². The molecule has 5 nitrogen and oxygen atoms in total. The molecule has 0 saturated heterocycles. The van der Waals surface area contributed by atoms with Crippen molar-refractivity contribution in [1.82, 2.24) is 5.32 Å². The van der Waals surface area contributed by atoms with E-state index in [1.54, 1.807) is 0 Å². The van der Waals surface area contributed by atoms with Crippen LogP contribution in [-0.2, 0) is 13.8 Å². The smallest absolute Gasteiger partial charge is 0.270 e. The molecule has 0 spiro atoms. The summed E-state index contributed by atoms with van der Waals surface area (Å²) in [5, 5.41) is 4.17. The zero-order valence-electron chi connectivity index (χ0n) is 10.8. The molecule has 2 rings (SSSR count). The minimum Gasteiger partial charge on any atom is -0.376 e. The number of carbonyl (C=O) groups is 1. The van der Waals surface area contributed by atoms with Gasteiger partial charge in [0, 0.05) is 22.6 Å². The van der Waals surface area contributed by atoms with Crippen molar-refractivity contribution >= 4 is 37.0 Å². The average molecular weight is 338 g/mol. The van der Waals surface area contributed by atoms with E-state index in [4.69, 9.17) is 15.4 Å². The summed E-state index contributed by atoms with van der Waals surface area (Å²) in [5.74, 6) is -0.317. The Morgan fingerprint density at radius 2 is 2.15 bits per heavy atom. The molecule has 1 fully saturated rings. The molecule has 1 heterocycles. The van der Waals surface area contributed by atoms with Gasteiger partial charge >= 0.3 is 0 Å². The highest BCUT2D eigenvalue weighted by atomic mass is 35.7. The van der Waals surface area contributed by atoms with Crippen LogP contribution in [0.5, 0.6) is 0 Å². The summed E-state index contributed by atoms with van der Waals surface area (Å²) in [6.07, 6.45) is 4.93. The van der Waals surface area contributed by atoms with Crippen molar-refractivity contribution in [3.63, 3.8) is 0 Å². The van der Waals surface area contributed by atoms with Gasteiger partial charge in [-0.25, -0.2) is 8.42 Å². The summed E-state index contributed by atoms with van der Waals surface area (Å²) in [6.45, 7) is 0.884. The van der Waals surface area contributed by atoms with E-state index in [1.165, 1.54) is 24.3 Å². The van der Waals surface area contributed by atoms with Gasteiger partial charge in [0.15, 0.2) is 0 Å². The lowest BCUT2D eigenvalue weighted by Crippen LogP contribution is -2.28. The number of hydrogen-bond acceptors (Lipinski definition) is 5. The Labute approximate surface area is 126 Å². The fourth-order valence-corrected chi connectivity index (χ4v) is 4.06. The van der Waals surface area contributed by atoms with Crippen molar-refractivity contribution in [2.45, 2.75) is 36.0 Å². The van der Waals surface area contributed by atoms with Crippen LogP contribution in [0.2, 0.25) is 0 Å². The monoisotopic (exact) mass is 337 g/mol. The number of thiophene rings is 1. The van der Waals surface area contributed by atoms with Gasteiger partial charge in [0.2, 0.25) is 0 Å². The first-order chi connectivity index (χ1) is 9.47. The van der Waals surface area contributed by atoms with Crippen molar-refractivity contribution in [3.8, 4) is 0 Å². The first-order valence-corrected chi connectivity index (χ1v) is 9.59. The van der Waals surface area contributed by atoms with E-state index in [0.717, 1.165) is 24.2 Å². The fourth-order valence-electron chi connectivity index (χ4n) is 2.11. The molecule has 1 aromatic heterocycles. The normalized spacial score (nSPS) is 16.4. The summed E-state index contributed by atoms with van der Waals surface area (Å²) in [7, 11) is 1.44. The predicted octanol–water partition coefficient (Wildman–Crippen LogP) is 2.36. The molecular formula is C12H16ClNO4S2. The largest absolute Gasteiger partial charge is 0.376 e. The Balaban J connectivity index is 1.75. The van der Waals surface area contributed by atoms with E-state index < -0.39 is 9.05 Å². The third-order valence-electron chi connectivity index (χ3n) is 3.12. The van der Waals surface area contributed by atoms with E-state index in [2.05, 4.69) is 5.32 Å². The second-order valence-electron chi connectivity index (χ2n) is 4.63. The molecule has 20 heavy (non-hydrogen) atoms. The Bertz CT molecular complexity index is 564. The van der Waals surface area contributed by atoms with Gasteiger partial charge in [-0.05, 0) is 18.9 Å². The van der Waals surface area contributed by atoms with E-state index in [1.807, 2.05) is 0 Å². The molecule has 0 radical (unpaired) electrons. The van der Waals surface area contributed by atoms with Crippen molar-refractivity contribution in [2.75, 3.05) is 13.2 Å². The van der Waals surface area contributed by atoms with Crippen LogP contribution in [0.3, 0.4) is 0 Å². The van der Waals surface area contributed by atoms with Crippen LogP contribution in [0, 0.1) is 0 Å². The van der Waals surface area contributed by atoms with E-state index >= 15 is 0 Å². The molecule has 112 valence electrons. The van der Waals surface area contributed by atoms with Crippen LogP contribution in [0.25, 0.3) is 0 Å². The number of hydrogen-bond donors (Lipinski definition) is 1. The average Bonchev–Trinajstić information content (AvgIpc) is 3.04. The molecule has 1 N–H and O–H groups in total. The highest BCUT2D eigenvalue weighted by Crippen LogP contribution is 2.23. The SMILES string of the molecule is O=C(NCCOC1CCCC1)c1csc(S(=O)(=O)Cl)c1. The zero-order valence-corrected chi connectivity index (χ0v) is 13.2. The first kappa shape index (κ1) is 15.8. The molecule has 1 amide bonds. The maximum absolute atomic E-state index is 11.8. The lowest BCUT2D eigenvalue weighted by molar-refractivity contribution is 0.0582. The van der Waals surface area contributed by atoms with Gasteiger partial charge in [-0.1, -0.05) is 12.8 Å². The number of amides is 1. The predicted molar refractivity (Wildman–Crippen MR) is 77.9 cm³/mol. The molecule has 0 atom stereocenters. The van der Waals surface area contributed by atoms with Gasteiger partial charge in [0.25, 0.3) is 15.0 Å². The summed E-state index contributed by atoms with van der Waals surface area (Å²) in [5.41, 5.74) is 0.301. The quantitative estimate of drug-likeness (QED) is 0.639. The highest BCUT2D eigenvalue weighted by Gasteiger charge is 2.17. The number of nitrogens with one attached hydrogen (secondary N) is 1. The molecule has 0 aliphatic heterocycles. The topological polar surface area (TPSA) is 72.5 Å². The van der Waals surface area contributed by atoms with Crippen molar-refractivity contribution in [2.24, 2.45) is 0 Å². The summed E-state index contributed by atoms with van der Waals surface area (Å²) in [6, 6.07) is 1.28. The molecule has 0 bridgehead atoms. The Morgan fingerprint density at radius 3 is 2.75 bits per heavy atom. The number of halogens is 1. The molecule has 1 aliphatic rings. The molecule has 0 unspecified atom stereocenters. The minimum absolute atomic E-state index is 0.0217. The van der Waals surface area contributed by atoms with E-state index in [-0.39, 0.29) is 10.1 Å². The van der Waals surface area contributed by atoms with Gasteiger partial charge in [0.1, 0.15) is 4.21 Å². The first-order valence-electron chi connectivity index (χ1n) is 6.40. The van der Waals surface area contributed by atoms with Gasteiger partial charge in [-0.2, -0.15) is 0 Å². The standard InChI is InChI=1S/C12H16ClNO4S2/c13-20(16,17)11-7-9(8-19-11)12(15)14-5-6-18-10-3-1-2-4-10/h7-8,10H,1-6H2,(H,14,15). The van der Waals surface area contributed by atoms with Gasteiger partial charge < -0.3 is 10.1 Å². The molecule has 1 aromatic rings. The van der Waals surface area contributed by atoms with Crippen molar-refractivity contribution in [1.29, 1.82) is 0 Å². The zero-order chi connectivity index (χ0) is 14.6. The number of ether oxygens (including phenoxy) is 1. The molecule has 0 aromatic carbocycles. The maximum Gasteiger partial charge on any atom is 0.270 e. The summed E-state index contributed by atoms with van der Waals surface area (Å²) in [4.78, 5) is 11.8. The fraction of sp³-hybridized carbons (Fsp3) is 0.583. The van der Waals surface area contributed by atoms with Gasteiger partial charge in [-0.15, -0.1) is 11.3 Å². The van der Waals surface area contributed by atoms with Crippen LogP contribution < -0.4 is 5.32 Å². The molecular weight excluding hydrogens is 322 g/mol. The lowest BCUT2D eigenvalue weighted by Gasteiger charge is -2.11. The third kappa shape index (κ3) is 4.44. The van der Waals surface area contributed by atoms with E-state index in [9.17, 15) is 13.2 Å². The highest BCUT2D eigenvalue weighted by molar-refractivity contribution is 8.15. The second-order valence-corrected chi connectivity index (χ2v) is 8.33. The Kier molecular flexibility index (Phi) is 5.42. The molecule has 8 heteroatoms. The van der Waals surface area contributed by atoms with E-state index in [0.29, 0.717) is 24.8 Å². The van der Waals surface area contributed by atoms with Gasteiger partial charge in [0.05, 0.1) is 18.3 Å². The second kappa shape index (κ2) is 6.89. The van der Waals surface area contributed by atoms with Crippen molar-refractivity contribution < 1.29 is 17.9 Å². The van der Waals surface area contributed by atoms with Crippen LogP contribution in [0.4, 0.5) is 0 Å².